The number of hydrogen-bond acceptors (Lipinski definition) is 6. The molecule has 0 saturated heterocycles. The Morgan fingerprint density at radius 2 is 0.529 bits per heavy atom. The van der Waals surface area contributed by atoms with Gasteiger partial charge in [-0.05, 0) is 19.3 Å². The monoisotopic (exact) mass is 723 g/mol. The van der Waals surface area contributed by atoms with Gasteiger partial charge in [-0.1, -0.05) is 213 Å². The lowest BCUT2D eigenvalue weighted by molar-refractivity contribution is -0.167. The van der Waals surface area contributed by atoms with Crippen LogP contribution < -0.4 is 0 Å². The van der Waals surface area contributed by atoms with Gasteiger partial charge >= 0.3 is 17.9 Å². The Kier molecular flexibility index (Phi) is 39.9. The van der Waals surface area contributed by atoms with Gasteiger partial charge in [-0.15, -0.1) is 0 Å². The predicted molar refractivity (Wildman–Crippen MR) is 215 cm³/mol. The van der Waals surface area contributed by atoms with Gasteiger partial charge in [0.05, 0.1) is 0 Å². The third-order valence-corrected chi connectivity index (χ3v) is 10.1. The normalized spacial score (nSPS) is 11.8. The third kappa shape index (κ3) is 39.5. The van der Waals surface area contributed by atoms with E-state index in [1.54, 1.807) is 0 Å². The first-order chi connectivity index (χ1) is 25.0. The Labute approximate surface area is 317 Å². The van der Waals surface area contributed by atoms with Crippen molar-refractivity contribution in [2.45, 2.75) is 258 Å². The number of esters is 3. The molecule has 0 radical (unpaired) electrons. The Balaban J connectivity index is 4.17. The zero-order valence-corrected chi connectivity index (χ0v) is 34.4. The largest absolute Gasteiger partial charge is 0.462 e. The molecule has 0 unspecified atom stereocenters. The molecule has 0 heterocycles. The van der Waals surface area contributed by atoms with Crippen molar-refractivity contribution in [1.29, 1.82) is 0 Å². The summed E-state index contributed by atoms with van der Waals surface area (Å²) in [6, 6.07) is 0. The van der Waals surface area contributed by atoms with Gasteiger partial charge in [0.2, 0.25) is 0 Å². The van der Waals surface area contributed by atoms with E-state index < -0.39 is 6.10 Å². The molecule has 0 aromatic rings. The average molecular weight is 723 g/mol. The van der Waals surface area contributed by atoms with Crippen LogP contribution in [-0.2, 0) is 28.6 Å². The van der Waals surface area contributed by atoms with Crippen LogP contribution in [0, 0.1) is 0 Å². The van der Waals surface area contributed by atoms with Gasteiger partial charge in [0.15, 0.2) is 6.10 Å². The van der Waals surface area contributed by atoms with Crippen molar-refractivity contribution >= 4 is 17.9 Å². The quantitative estimate of drug-likeness (QED) is 0.0355. The molecule has 0 rings (SSSR count). The topological polar surface area (TPSA) is 78.9 Å². The maximum Gasteiger partial charge on any atom is 0.306 e. The summed E-state index contributed by atoms with van der Waals surface area (Å²) in [7, 11) is 0. The molecule has 0 saturated carbocycles. The molecule has 0 N–H and O–H groups in total. The molecule has 0 aliphatic carbocycles. The molecular weight excluding hydrogens is 636 g/mol. The lowest BCUT2D eigenvalue weighted by atomic mass is 10.0. The lowest BCUT2D eigenvalue weighted by Gasteiger charge is -2.18. The molecule has 51 heavy (non-hydrogen) atoms. The van der Waals surface area contributed by atoms with E-state index in [1.807, 2.05) is 0 Å². The van der Waals surface area contributed by atoms with Gasteiger partial charge in [-0.2, -0.15) is 0 Å². The lowest BCUT2D eigenvalue weighted by Crippen LogP contribution is -2.30. The van der Waals surface area contributed by atoms with E-state index >= 15 is 0 Å². The van der Waals surface area contributed by atoms with E-state index in [2.05, 4.69) is 20.8 Å². The second-order valence-corrected chi connectivity index (χ2v) is 15.3. The highest BCUT2D eigenvalue weighted by atomic mass is 16.6. The molecular formula is C45H86O6. The summed E-state index contributed by atoms with van der Waals surface area (Å²) in [5, 5.41) is 0. The fourth-order valence-electron chi connectivity index (χ4n) is 6.68. The van der Waals surface area contributed by atoms with E-state index in [1.165, 1.54) is 148 Å². The van der Waals surface area contributed by atoms with Gasteiger partial charge < -0.3 is 14.2 Å². The molecule has 0 spiro atoms. The first-order valence-corrected chi connectivity index (χ1v) is 22.5. The second kappa shape index (κ2) is 41.2. The van der Waals surface area contributed by atoms with Gasteiger partial charge in [-0.3, -0.25) is 14.4 Å². The van der Waals surface area contributed by atoms with Gasteiger partial charge in [-0.25, -0.2) is 0 Å². The SMILES string of the molecule is CCCCCCCCCCCCCCCCCC(=O)OC[C@H](COC(=O)CCCCCCC)OC(=O)CCCCCCCCCCCCCCC. The van der Waals surface area contributed by atoms with E-state index in [0.717, 1.165) is 64.2 Å². The van der Waals surface area contributed by atoms with Crippen LogP contribution in [0.2, 0.25) is 0 Å². The van der Waals surface area contributed by atoms with Gasteiger partial charge in [0.1, 0.15) is 13.2 Å². The van der Waals surface area contributed by atoms with E-state index in [-0.39, 0.29) is 31.1 Å². The fraction of sp³-hybridized carbons (Fsp3) is 0.933. The Hall–Kier alpha value is -1.59. The number of ether oxygens (including phenoxy) is 3. The molecule has 0 aliphatic rings. The molecule has 6 heteroatoms. The first kappa shape index (κ1) is 49.4. The minimum absolute atomic E-state index is 0.0638. The number of unbranched alkanes of at least 4 members (excludes halogenated alkanes) is 30. The van der Waals surface area contributed by atoms with Crippen LogP contribution in [0.4, 0.5) is 0 Å². The maximum absolute atomic E-state index is 12.6. The van der Waals surface area contributed by atoms with Crippen LogP contribution in [0.5, 0.6) is 0 Å². The van der Waals surface area contributed by atoms with Crippen LogP contribution in [0.1, 0.15) is 252 Å². The predicted octanol–water partition coefficient (Wildman–Crippen LogP) is 14.1. The molecule has 0 amide bonds. The van der Waals surface area contributed by atoms with Crippen molar-refractivity contribution in [2.24, 2.45) is 0 Å². The molecule has 302 valence electrons. The van der Waals surface area contributed by atoms with E-state index in [4.69, 9.17) is 14.2 Å². The molecule has 0 aliphatic heterocycles. The van der Waals surface area contributed by atoms with Crippen molar-refractivity contribution in [3.05, 3.63) is 0 Å². The zero-order chi connectivity index (χ0) is 37.3. The maximum atomic E-state index is 12.6. The van der Waals surface area contributed by atoms with Crippen molar-refractivity contribution in [1.82, 2.24) is 0 Å². The van der Waals surface area contributed by atoms with E-state index in [0.29, 0.717) is 19.3 Å². The number of rotatable bonds is 41. The number of carbonyl (C=O) groups excluding carboxylic acids is 3. The summed E-state index contributed by atoms with van der Waals surface area (Å²) in [5.41, 5.74) is 0. The Morgan fingerprint density at radius 3 is 0.784 bits per heavy atom. The van der Waals surface area contributed by atoms with Crippen LogP contribution in [0.3, 0.4) is 0 Å². The second-order valence-electron chi connectivity index (χ2n) is 15.3. The smallest absolute Gasteiger partial charge is 0.306 e. The van der Waals surface area contributed by atoms with Crippen LogP contribution in [0.25, 0.3) is 0 Å². The Morgan fingerprint density at radius 1 is 0.314 bits per heavy atom. The molecule has 0 fully saturated rings. The summed E-state index contributed by atoms with van der Waals surface area (Å²) < 4.78 is 16.6. The summed E-state index contributed by atoms with van der Waals surface area (Å²) in [5.74, 6) is -0.866. The highest BCUT2D eigenvalue weighted by Gasteiger charge is 2.19. The van der Waals surface area contributed by atoms with Crippen LogP contribution in [0.15, 0.2) is 0 Å². The minimum atomic E-state index is -0.756. The standard InChI is InChI=1S/C45H86O6/c1-4-7-10-13-15-17-19-21-22-24-25-27-29-32-35-38-44(47)50-41-42(40-49-43(46)37-34-31-12-9-6-3)51-45(48)39-36-33-30-28-26-23-20-18-16-14-11-8-5-2/h42H,4-41H2,1-3H3/t42-/m0/s1. The van der Waals surface area contributed by atoms with E-state index in [9.17, 15) is 14.4 Å². The number of carbonyl (C=O) groups is 3. The summed E-state index contributed by atoms with van der Waals surface area (Å²) in [4.78, 5) is 37.4. The van der Waals surface area contributed by atoms with Gasteiger partial charge in [0.25, 0.3) is 0 Å². The summed E-state index contributed by atoms with van der Waals surface area (Å²) >= 11 is 0. The zero-order valence-electron chi connectivity index (χ0n) is 34.4. The average Bonchev–Trinajstić information content (AvgIpc) is 3.12. The van der Waals surface area contributed by atoms with Crippen molar-refractivity contribution < 1.29 is 28.6 Å². The minimum Gasteiger partial charge on any atom is -0.462 e. The first-order valence-electron chi connectivity index (χ1n) is 22.5. The summed E-state index contributed by atoms with van der Waals surface area (Å²) in [6.45, 7) is 6.57. The van der Waals surface area contributed by atoms with Crippen molar-refractivity contribution in [2.75, 3.05) is 13.2 Å². The molecule has 1 atom stereocenters. The highest BCUT2D eigenvalue weighted by molar-refractivity contribution is 5.71. The molecule has 6 nitrogen and oxygen atoms in total. The number of hydrogen-bond donors (Lipinski definition) is 0. The van der Waals surface area contributed by atoms with Crippen molar-refractivity contribution in [3.8, 4) is 0 Å². The van der Waals surface area contributed by atoms with Crippen LogP contribution >= 0.6 is 0 Å². The Bertz CT molecular complexity index is 753. The fourth-order valence-corrected chi connectivity index (χ4v) is 6.68. The van der Waals surface area contributed by atoms with Crippen molar-refractivity contribution in [3.63, 3.8) is 0 Å². The molecule has 0 aromatic carbocycles. The van der Waals surface area contributed by atoms with Crippen LogP contribution in [-0.4, -0.2) is 37.2 Å². The highest BCUT2D eigenvalue weighted by Crippen LogP contribution is 2.16. The van der Waals surface area contributed by atoms with Gasteiger partial charge in [0, 0.05) is 19.3 Å². The molecule has 0 aromatic heterocycles. The summed E-state index contributed by atoms with van der Waals surface area (Å²) in [6.07, 6.45) is 41.1. The molecule has 0 bridgehead atoms. The third-order valence-electron chi connectivity index (χ3n) is 10.1.